The highest BCUT2D eigenvalue weighted by Gasteiger charge is 2.18. The summed E-state index contributed by atoms with van der Waals surface area (Å²) in [5.74, 6) is 0.222. The normalized spacial score (nSPS) is 17.9. The van der Waals surface area contributed by atoms with Crippen molar-refractivity contribution in [1.29, 1.82) is 5.41 Å². The summed E-state index contributed by atoms with van der Waals surface area (Å²) >= 11 is 0. The second-order valence-electron chi connectivity index (χ2n) is 5.15. The Morgan fingerprint density at radius 1 is 1.44 bits per heavy atom. The highest BCUT2D eigenvalue weighted by atomic mass is 19.1. The maximum Gasteiger partial charge on any atom is 0.138 e. The van der Waals surface area contributed by atoms with Crippen molar-refractivity contribution < 1.29 is 4.39 Å². The minimum atomic E-state index is -0.344. The van der Waals surface area contributed by atoms with Crippen LogP contribution in [-0.4, -0.2) is 23.8 Å². The molecule has 18 heavy (non-hydrogen) atoms. The molecule has 1 fully saturated rings. The maximum atomic E-state index is 14.1. The van der Waals surface area contributed by atoms with E-state index in [1.54, 1.807) is 18.2 Å². The van der Waals surface area contributed by atoms with Gasteiger partial charge in [-0.15, -0.1) is 0 Å². The van der Waals surface area contributed by atoms with Gasteiger partial charge in [0.2, 0.25) is 0 Å². The van der Waals surface area contributed by atoms with Crippen LogP contribution in [0.5, 0.6) is 0 Å². The Morgan fingerprint density at radius 2 is 2.11 bits per heavy atom. The molecule has 1 aromatic rings. The lowest BCUT2D eigenvalue weighted by atomic mass is 9.98. The number of likely N-dealkylation sites (tertiary alicyclic amines) is 1. The van der Waals surface area contributed by atoms with Crippen molar-refractivity contribution in [3.8, 4) is 0 Å². The molecule has 3 nitrogen and oxygen atoms in total. The first-order chi connectivity index (χ1) is 8.58. The van der Waals surface area contributed by atoms with E-state index in [2.05, 4.69) is 11.8 Å². The van der Waals surface area contributed by atoms with Gasteiger partial charge in [0.1, 0.15) is 11.7 Å². The number of hydrogen-bond acceptors (Lipinski definition) is 2. The standard InChI is InChI=1S/C14H20FN3/c1-10-5-7-18(8-6-10)9-11-3-2-4-12(13(11)15)14(16)17/h2-4,10H,5-9H2,1H3,(H3,16,17). The van der Waals surface area contributed by atoms with E-state index < -0.39 is 0 Å². The molecular formula is C14H20FN3. The lowest BCUT2D eigenvalue weighted by molar-refractivity contribution is 0.183. The largest absolute Gasteiger partial charge is 0.384 e. The summed E-state index contributed by atoms with van der Waals surface area (Å²) < 4.78 is 14.1. The minimum Gasteiger partial charge on any atom is -0.384 e. The number of halogens is 1. The van der Waals surface area contributed by atoms with Crippen molar-refractivity contribution in [3.05, 3.63) is 35.1 Å². The van der Waals surface area contributed by atoms with Crippen molar-refractivity contribution in [2.75, 3.05) is 13.1 Å². The van der Waals surface area contributed by atoms with Gasteiger partial charge in [0.25, 0.3) is 0 Å². The fourth-order valence-corrected chi connectivity index (χ4v) is 2.37. The molecule has 0 unspecified atom stereocenters. The van der Waals surface area contributed by atoms with Gasteiger partial charge < -0.3 is 5.73 Å². The quantitative estimate of drug-likeness (QED) is 0.638. The van der Waals surface area contributed by atoms with Crippen molar-refractivity contribution in [3.63, 3.8) is 0 Å². The van der Waals surface area contributed by atoms with Gasteiger partial charge in [-0.05, 0) is 37.9 Å². The molecule has 0 atom stereocenters. The van der Waals surface area contributed by atoms with Gasteiger partial charge >= 0.3 is 0 Å². The number of nitrogens with two attached hydrogens (primary N) is 1. The van der Waals surface area contributed by atoms with E-state index in [1.165, 1.54) is 12.8 Å². The molecule has 0 aliphatic carbocycles. The van der Waals surface area contributed by atoms with Crippen LogP contribution in [-0.2, 0) is 6.54 Å². The molecule has 2 rings (SSSR count). The zero-order chi connectivity index (χ0) is 13.1. The third kappa shape index (κ3) is 2.88. The zero-order valence-electron chi connectivity index (χ0n) is 10.7. The Morgan fingerprint density at radius 3 is 2.72 bits per heavy atom. The van der Waals surface area contributed by atoms with Crippen LogP contribution in [0.1, 0.15) is 30.9 Å². The van der Waals surface area contributed by atoms with E-state index in [4.69, 9.17) is 11.1 Å². The topological polar surface area (TPSA) is 53.1 Å². The van der Waals surface area contributed by atoms with Gasteiger partial charge in [-0.25, -0.2) is 4.39 Å². The second-order valence-corrected chi connectivity index (χ2v) is 5.15. The Hall–Kier alpha value is -1.42. The predicted octanol–water partition coefficient (Wildman–Crippen LogP) is 2.34. The molecule has 4 heteroatoms. The molecule has 0 radical (unpaired) electrons. The van der Waals surface area contributed by atoms with Crippen LogP contribution >= 0.6 is 0 Å². The molecule has 3 N–H and O–H groups in total. The molecule has 1 aliphatic heterocycles. The highest BCUT2D eigenvalue weighted by molar-refractivity contribution is 5.95. The number of rotatable bonds is 3. The Labute approximate surface area is 107 Å². The molecule has 1 heterocycles. The summed E-state index contributed by atoms with van der Waals surface area (Å²) in [5.41, 5.74) is 6.21. The lowest BCUT2D eigenvalue weighted by Crippen LogP contribution is -2.32. The molecule has 0 amide bonds. The Balaban J connectivity index is 2.10. The zero-order valence-corrected chi connectivity index (χ0v) is 10.7. The summed E-state index contributed by atoms with van der Waals surface area (Å²) in [5, 5.41) is 7.34. The van der Waals surface area contributed by atoms with E-state index in [9.17, 15) is 4.39 Å². The monoisotopic (exact) mass is 249 g/mol. The number of benzene rings is 1. The maximum absolute atomic E-state index is 14.1. The molecule has 98 valence electrons. The average molecular weight is 249 g/mol. The van der Waals surface area contributed by atoms with Gasteiger partial charge in [-0.1, -0.05) is 19.1 Å². The van der Waals surface area contributed by atoms with Gasteiger partial charge in [0, 0.05) is 12.1 Å². The van der Waals surface area contributed by atoms with Crippen LogP contribution in [0.4, 0.5) is 4.39 Å². The number of amidine groups is 1. The van der Waals surface area contributed by atoms with E-state index in [0.717, 1.165) is 19.0 Å². The first-order valence-corrected chi connectivity index (χ1v) is 6.42. The first kappa shape index (κ1) is 13.0. The number of nitrogens with one attached hydrogen (secondary N) is 1. The molecule has 0 saturated carbocycles. The van der Waals surface area contributed by atoms with E-state index >= 15 is 0 Å². The summed E-state index contributed by atoms with van der Waals surface area (Å²) in [4.78, 5) is 2.27. The molecule has 1 aromatic carbocycles. The molecule has 0 bridgehead atoms. The molecule has 1 aliphatic rings. The van der Waals surface area contributed by atoms with Crippen LogP contribution in [0.25, 0.3) is 0 Å². The number of nitrogens with zero attached hydrogens (tertiary/aromatic N) is 1. The highest BCUT2D eigenvalue weighted by Crippen LogP contribution is 2.20. The third-order valence-electron chi connectivity index (χ3n) is 3.64. The van der Waals surface area contributed by atoms with E-state index in [1.807, 2.05) is 0 Å². The van der Waals surface area contributed by atoms with Crippen molar-refractivity contribution >= 4 is 5.84 Å². The summed E-state index contributed by atoms with van der Waals surface area (Å²) in [6.07, 6.45) is 2.35. The Bertz CT molecular complexity index is 437. The average Bonchev–Trinajstić information content (AvgIpc) is 2.34. The van der Waals surface area contributed by atoms with E-state index in [0.29, 0.717) is 12.1 Å². The molecule has 0 aromatic heterocycles. The lowest BCUT2D eigenvalue weighted by Gasteiger charge is -2.30. The fraction of sp³-hybridized carbons (Fsp3) is 0.500. The second kappa shape index (κ2) is 5.48. The van der Waals surface area contributed by atoms with Crippen LogP contribution in [0.15, 0.2) is 18.2 Å². The van der Waals surface area contributed by atoms with Crippen molar-refractivity contribution in [2.24, 2.45) is 11.7 Å². The SMILES string of the molecule is CC1CCN(Cc2cccc(C(=N)N)c2F)CC1. The number of nitrogen functional groups attached to an aromatic ring is 1. The van der Waals surface area contributed by atoms with Gasteiger partial charge in [0.15, 0.2) is 0 Å². The smallest absolute Gasteiger partial charge is 0.138 e. The van der Waals surface area contributed by atoms with Gasteiger partial charge in [-0.2, -0.15) is 0 Å². The van der Waals surface area contributed by atoms with Crippen molar-refractivity contribution in [1.82, 2.24) is 4.90 Å². The fourth-order valence-electron chi connectivity index (χ4n) is 2.37. The number of hydrogen-bond donors (Lipinski definition) is 2. The summed E-state index contributed by atoms with van der Waals surface area (Å²) in [6.45, 7) is 4.91. The summed E-state index contributed by atoms with van der Waals surface area (Å²) in [7, 11) is 0. The Kier molecular flexibility index (Phi) is 3.97. The van der Waals surface area contributed by atoms with Crippen LogP contribution < -0.4 is 5.73 Å². The first-order valence-electron chi connectivity index (χ1n) is 6.42. The third-order valence-corrected chi connectivity index (χ3v) is 3.64. The number of piperidine rings is 1. The van der Waals surface area contributed by atoms with Gasteiger partial charge in [0.05, 0.1) is 5.56 Å². The predicted molar refractivity (Wildman–Crippen MR) is 71.1 cm³/mol. The summed E-state index contributed by atoms with van der Waals surface area (Å²) in [6, 6.07) is 5.10. The molecular weight excluding hydrogens is 229 g/mol. The molecule has 1 saturated heterocycles. The van der Waals surface area contributed by atoms with Crippen LogP contribution in [0.2, 0.25) is 0 Å². The van der Waals surface area contributed by atoms with Crippen LogP contribution in [0, 0.1) is 17.1 Å². The van der Waals surface area contributed by atoms with E-state index in [-0.39, 0.29) is 17.2 Å². The van der Waals surface area contributed by atoms with Gasteiger partial charge in [-0.3, -0.25) is 10.3 Å². The minimum absolute atomic E-state index is 0.206. The molecule has 0 spiro atoms. The van der Waals surface area contributed by atoms with Crippen LogP contribution in [0.3, 0.4) is 0 Å². The van der Waals surface area contributed by atoms with Crippen molar-refractivity contribution in [2.45, 2.75) is 26.3 Å².